The molecule has 5 rings (SSSR count). The van der Waals surface area contributed by atoms with Crippen LogP contribution in [0.1, 0.15) is 42.5 Å². The zero-order chi connectivity index (χ0) is 24.5. The molecule has 3 heterocycles. The van der Waals surface area contributed by atoms with Gasteiger partial charge in [-0.25, -0.2) is 0 Å². The number of halogens is 1. The highest BCUT2D eigenvalue weighted by atomic mass is 35.5. The number of amides is 1. The Balaban J connectivity index is 1.24. The number of benzene rings is 2. The normalized spacial score (nSPS) is 15.4. The van der Waals surface area contributed by atoms with Gasteiger partial charge in [0.05, 0.1) is 6.04 Å². The molecule has 2 aromatic heterocycles. The smallest absolute Gasteiger partial charge is 0.223 e. The average Bonchev–Trinajstić information content (AvgIpc) is 3.29. The lowest BCUT2D eigenvalue weighted by atomic mass is 9.95. The summed E-state index contributed by atoms with van der Waals surface area (Å²) >= 11 is 6.03. The Bertz CT molecular complexity index is 1360. The summed E-state index contributed by atoms with van der Waals surface area (Å²) in [4.78, 5) is 15.2. The third kappa shape index (κ3) is 4.86. The zero-order valence-electron chi connectivity index (χ0n) is 20.2. The molecule has 1 unspecified atom stereocenters. The highest BCUT2D eigenvalue weighted by molar-refractivity contribution is 6.30. The second-order valence-electron chi connectivity index (χ2n) is 9.33. The van der Waals surface area contributed by atoms with Gasteiger partial charge in [0.2, 0.25) is 5.91 Å². The molecular weight excluding hydrogens is 460 g/mol. The molecule has 0 saturated carbocycles. The fourth-order valence-corrected chi connectivity index (χ4v) is 4.67. The summed E-state index contributed by atoms with van der Waals surface area (Å²) in [6.07, 6.45) is 1.58. The molecule has 35 heavy (non-hydrogen) atoms. The van der Waals surface area contributed by atoms with Crippen LogP contribution in [0.5, 0.6) is 0 Å². The first-order valence-electron chi connectivity index (χ1n) is 12.0. The molecular formula is C27H29ClN6O. The van der Waals surface area contributed by atoms with Crippen LogP contribution in [-0.2, 0) is 4.79 Å². The van der Waals surface area contributed by atoms with Crippen LogP contribution < -0.4 is 10.2 Å². The Morgan fingerprint density at radius 1 is 1.00 bits per heavy atom. The predicted molar refractivity (Wildman–Crippen MR) is 139 cm³/mol. The van der Waals surface area contributed by atoms with Crippen LogP contribution in [0.2, 0.25) is 5.02 Å². The number of aryl methyl sites for hydroxylation is 2. The van der Waals surface area contributed by atoms with Gasteiger partial charge in [-0.05, 0) is 86.7 Å². The summed E-state index contributed by atoms with van der Waals surface area (Å²) in [7, 11) is 0. The lowest BCUT2D eigenvalue weighted by molar-refractivity contribution is -0.126. The van der Waals surface area contributed by atoms with Crippen molar-refractivity contribution in [1.29, 1.82) is 0 Å². The molecule has 1 atom stereocenters. The van der Waals surface area contributed by atoms with E-state index in [-0.39, 0.29) is 17.9 Å². The molecule has 1 N–H and O–H groups in total. The number of anilines is 1. The van der Waals surface area contributed by atoms with Gasteiger partial charge in [0, 0.05) is 29.6 Å². The Labute approximate surface area is 210 Å². The van der Waals surface area contributed by atoms with Gasteiger partial charge in [-0.1, -0.05) is 29.8 Å². The van der Waals surface area contributed by atoms with E-state index in [4.69, 9.17) is 16.7 Å². The number of hydrogen-bond donors (Lipinski definition) is 1. The average molecular weight is 489 g/mol. The largest absolute Gasteiger partial charge is 0.355 e. The maximum absolute atomic E-state index is 13.0. The van der Waals surface area contributed by atoms with Gasteiger partial charge < -0.3 is 10.2 Å². The molecule has 1 aliphatic heterocycles. The van der Waals surface area contributed by atoms with Crippen molar-refractivity contribution in [3.63, 3.8) is 0 Å². The van der Waals surface area contributed by atoms with Gasteiger partial charge in [-0.2, -0.15) is 4.52 Å². The SMILES string of the molecule is Cc1ccc(C(C)NC(=O)C2CCN(c3ccc4nnc(-c5ccc(Cl)cc5)n4n3)CC2)cc1C. The van der Waals surface area contributed by atoms with E-state index in [0.717, 1.165) is 42.9 Å². The molecule has 1 aliphatic rings. The maximum Gasteiger partial charge on any atom is 0.223 e. The van der Waals surface area contributed by atoms with Crippen LogP contribution in [0.15, 0.2) is 54.6 Å². The van der Waals surface area contributed by atoms with E-state index in [0.29, 0.717) is 16.5 Å². The van der Waals surface area contributed by atoms with Crippen LogP contribution in [-0.4, -0.2) is 38.8 Å². The van der Waals surface area contributed by atoms with E-state index in [2.05, 4.69) is 52.5 Å². The van der Waals surface area contributed by atoms with Gasteiger partial charge >= 0.3 is 0 Å². The summed E-state index contributed by atoms with van der Waals surface area (Å²) in [5.74, 6) is 1.66. The third-order valence-corrected chi connectivity index (χ3v) is 7.18. The minimum Gasteiger partial charge on any atom is -0.355 e. The standard InChI is InChI=1S/C27H29ClN6O/c1-17-4-5-22(16-18(17)2)19(3)29-27(35)21-12-14-33(15-13-21)25-11-10-24-30-31-26(34(24)32-25)20-6-8-23(28)9-7-20/h4-11,16,19,21H,12-15H2,1-3H3,(H,29,35). The molecule has 2 aromatic carbocycles. The number of piperidine rings is 1. The Hall–Kier alpha value is -3.45. The lowest BCUT2D eigenvalue weighted by Gasteiger charge is -2.32. The number of carbonyl (C=O) groups is 1. The van der Waals surface area contributed by atoms with E-state index in [1.165, 1.54) is 11.1 Å². The van der Waals surface area contributed by atoms with E-state index in [1.807, 2.05) is 43.3 Å². The van der Waals surface area contributed by atoms with Gasteiger partial charge in [0.25, 0.3) is 0 Å². The number of aromatic nitrogens is 4. The first kappa shape index (κ1) is 23.3. The molecule has 1 saturated heterocycles. The molecule has 0 radical (unpaired) electrons. The summed E-state index contributed by atoms with van der Waals surface area (Å²) in [5, 5.41) is 17.3. The number of nitrogens with one attached hydrogen (secondary N) is 1. The monoisotopic (exact) mass is 488 g/mol. The zero-order valence-corrected chi connectivity index (χ0v) is 21.0. The lowest BCUT2D eigenvalue weighted by Crippen LogP contribution is -2.41. The maximum atomic E-state index is 13.0. The molecule has 0 spiro atoms. The Morgan fingerprint density at radius 3 is 2.46 bits per heavy atom. The molecule has 1 amide bonds. The first-order chi connectivity index (χ1) is 16.9. The third-order valence-electron chi connectivity index (χ3n) is 6.93. The fraction of sp³-hybridized carbons (Fsp3) is 0.333. The fourth-order valence-electron chi connectivity index (χ4n) is 4.55. The van der Waals surface area contributed by atoms with Crippen molar-refractivity contribution in [2.45, 2.75) is 39.7 Å². The Kier molecular flexibility index (Phi) is 6.43. The van der Waals surface area contributed by atoms with Crippen LogP contribution in [0, 0.1) is 19.8 Å². The Morgan fingerprint density at radius 2 is 1.74 bits per heavy atom. The van der Waals surface area contributed by atoms with Crippen LogP contribution in [0.25, 0.3) is 17.0 Å². The minimum atomic E-state index is -0.0102. The second kappa shape index (κ2) is 9.66. The van der Waals surface area contributed by atoms with Crippen molar-refractivity contribution >= 4 is 29.0 Å². The summed E-state index contributed by atoms with van der Waals surface area (Å²) in [5.41, 5.74) is 5.24. The molecule has 0 bridgehead atoms. The summed E-state index contributed by atoms with van der Waals surface area (Å²) in [6, 6.07) is 17.8. The van der Waals surface area contributed by atoms with E-state index >= 15 is 0 Å². The number of nitrogens with zero attached hydrogens (tertiary/aromatic N) is 5. The number of rotatable bonds is 5. The van der Waals surface area contributed by atoms with E-state index < -0.39 is 0 Å². The van der Waals surface area contributed by atoms with Crippen LogP contribution >= 0.6 is 11.6 Å². The molecule has 7 nitrogen and oxygen atoms in total. The van der Waals surface area contributed by atoms with Crippen molar-refractivity contribution in [3.05, 3.63) is 76.3 Å². The first-order valence-corrected chi connectivity index (χ1v) is 12.4. The van der Waals surface area contributed by atoms with Crippen LogP contribution in [0.3, 0.4) is 0 Å². The van der Waals surface area contributed by atoms with Crippen molar-refractivity contribution in [2.24, 2.45) is 5.92 Å². The number of fused-ring (bicyclic) bond motifs is 1. The van der Waals surface area contributed by atoms with Gasteiger partial charge in [0.1, 0.15) is 5.82 Å². The predicted octanol–water partition coefficient (Wildman–Crippen LogP) is 5.16. The molecule has 0 aliphatic carbocycles. The van der Waals surface area contributed by atoms with Crippen molar-refractivity contribution in [1.82, 2.24) is 25.1 Å². The van der Waals surface area contributed by atoms with Crippen molar-refractivity contribution in [3.8, 4) is 11.4 Å². The quantitative estimate of drug-likeness (QED) is 0.420. The van der Waals surface area contributed by atoms with Crippen LogP contribution in [0.4, 0.5) is 5.82 Å². The molecule has 1 fully saturated rings. The minimum absolute atomic E-state index is 0.00326. The number of carbonyl (C=O) groups excluding carboxylic acids is 1. The van der Waals surface area contributed by atoms with Gasteiger partial charge in [-0.3, -0.25) is 4.79 Å². The van der Waals surface area contributed by atoms with E-state index in [9.17, 15) is 4.79 Å². The molecule has 4 aromatic rings. The highest BCUT2D eigenvalue weighted by Gasteiger charge is 2.27. The van der Waals surface area contributed by atoms with Crippen molar-refractivity contribution in [2.75, 3.05) is 18.0 Å². The topological polar surface area (TPSA) is 75.4 Å². The highest BCUT2D eigenvalue weighted by Crippen LogP contribution is 2.25. The van der Waals surface area contributed by atoms with E-state index in [1.54, 1.807) is 4.52 Å². The van der Waals surface area contributed by atoms with Gasteiger partial charge in [-0.15, -0.1) is 15.3 Å². The summed E-state index contributed by atoms with van der Waals surface area (Å²) in [6.45, 7) is 7.80. The second-order valence-corrected chi connectivity index (χ2v) is 9.76. The molecule has 8 heteroatoms. The van der Waals surface area contributed by atoms with Gasteiger partial charge in [0.15, 0.2) is 11.5 Å². The molecule has 180 valence electrons. The summed E-state index contributed by atoms with van der Waals surface area (Å²) < 4.78 is 1.77. The number of hydrogen-bond acceptors (Lipinski definition) is 5. The van der Waals surface area contributed by atoms with Crippen molar-refractivity contribution < 1.29 is 4.79 Å².